The molecule has 3 fully saturated rings. The van der Waals surface area contributed by atoms with Crippen molar-refractivity contribution < 1.29 is 14.2 Å². The van der Waals surface area contributed by atoms with E-state index in [0.717, 1.165) is 84.4 Å². The fourth-order valence-electron chi connectivity index (χ4n) is 3.86. The van der Waals surface area contributed by atoms with E-state index in [-0.39, 0.29) is 0 Å². The summed E-state index contributed by atoms with van der Waals surface area (Å²) in [7, 11) is 0. The minimum atomic E-state index is 0.377. The van der Waals surface area contributed by atoms with Gasteiger partial charge in [0.1, 0.15) is 0 Å². The Bertz CT molecular complexity index is 404. The zero-order chi connectivity index (χ0) is 16.7. The van der Waals surface area contributed by atoms with Crippen molar-refractivity contribution in [3.63, 3.8) is 0 Å². The average molecular weight is 339 g/mol. The maximum atomic E-state index is 5.93. The Balaban J connectivity index is 1.40. The van der Waals surface area contributed by atoms with Crippen LogP contribution in [0.15, 0.2) is 4.99 Å². The van der Waals surface area contributed by atoms with Gasteiger partial charge in [-0.1, -0.05) is 0 Å². The molecule has 3 aliphatic rings. The molecule has 1 unspecified atom stereocenters. The number of hydrogen-bond donors (Lipinski definition) is 1. The Hall–Kier alpha value is -0.850. The highest BCUT2D eigenvalue weighted by atomic mass is 16.5. The number of nitrogens with zero attached hydrogens (tertiary/aromatic N) is 2. The predicted octanol–water partition coefficient (Wildman–Crippen LogP) is 1.65. The van der Waals surface area contributed by atoms with Crippen LogP contribution in [-0.2, 0) is 14.2 Å². The molecule has 24 heavy (non-hydrogen) atoms. The van der Waals surface area contributed by atoms with Crippen molar-refractivity contribution in [3.05, 3.63) is 0 Å². The molecule has 0 aromatic carbocycles. The third-order valence-corrected chi connectivity index (χ3v) is 5.34. The smallest absolute Gasteiger partial charge is 0.193 e. The molecule has 1 spiro atoms. The van der Waals surface area contributed by atoms with Gasteiger partial charge >= 0.3 is 0 Å². The summed E-state index contributed by atoms with van der Waals surface area (Å²) < 4.78 is 16.9. The number of rotatable bonds is 6. The lowest BCUT2D eigenvalue weighted by Gasteiger charge is -2.25. The average Bonchev–Trinajstić information content (AvgIpc) is 3.25. The fraction of sp³-hybridized carbons (Fsp3) is 0.944. The van der Waals surface area contributed by atoms with Crippen LogP contribution in [0.3, 0.4) is 0 Å². The van der Waals surface area contributed by atoms with Gasteiger partial charge in [-0.15, -0.1) is 0 Å². The van der Waals surface area contributed by atoms with E-state index in [1.165, 1.54) is 12.8 Å². The first kappa shape index (κ1) is 18.0. The lowest BCUT2D eigenvalue weighted by atomic mass is 9.87. The normalized spacial score (nSPS) is 28.9. The topological polar surface area (TPSA) is 55.3 Å². The van der Waals surface area contributed by atoms with E-state index in [1.807, 2.05) is 0 Å². The number of hydrogen-bond acceptors (Lipinski definition) is 4. The van der Waals surface area contributed by atoms with E-state index in [4.69, 9.17) is 19.2 Å². The Morgan fingerprint density at radius 1 is 1.25 bits per heavy atom. The lowest BCUT2D eigenvalue weighted by molar-refractivity contribution is -0.0318. The second kappa shape index (κ2) is 9.02. The molecule has 138 valence electrons. The lowest BCUT2D eigenvalue weighted by Crippen LogP contribution is -2.41. The molecule has 3 aliphatic heterocycles. The van der Waals surface area contributed by atoms with Crippen LogP contribution in [0.2, 0.25) is 0 Å². The highest BCUT2D eigenvalue weighted by Gasteiger charge is 2.42. The van der Waals surface area contributed by atoms with Gasteiger partial charge in [0, 0.05) is 58.0 Å². The molecule has 3 saturated heterocycles. The summed E-state index contributed by atoms with van der Waals surface area (Å²) in [5.74, 6) is 1.06. The molecule has 0 aliphatic carbocycles. The van der Waals surface area contributed by atoms with E-state index in [0.29, 0.717) is 11.5 Å². The maximum absolute atomic E-state index is 5.93. The zero-order valence-corrected chi connectivity index (χ0v) is 15.1. The molecule has 0 radical (unpaired) electrons. The largest absolute Gasteiger partial charge is 0.381 e. The minimum absolute atomic E-state index is 0.377. The molecule has 3 rings (SSSR count). The van der Waals surface area contributed by atoms with Gasteiger partial charge < -0.3 is 24.4 Å². The summed E-state index contributed by atoms with van der Waals surface area (Å²) in [6.45, 7) is 10.4. The SMILES string of the molecule is CCNC(=NCCCOC1CCOCC1)N1CCC2(CCOC2)C1. The maximum Gasteiger partial charge on any atom is 0.193 e. The Morgan fingerprint density at radius 2 is 2.12 bits per heavy atom. The van der Waals surface area contributed by atoms with E-state index in [9.17, 15) is 0 Å². The van der Waals surface area contributed by atoms with Gasteiger partial charge in [-0.05, 0) is 39.0 Å². The Kier molecular flexibility index (Phi) is 6.75. The number of nitrogens with one attached hydrogen (secondary N) is 1. The molecule has 6 nitrogen and oxygen atoms in total. The monoisotopic (exact) mass is 339 g/mol. The van der Waals surface area contributed by atoms with Crippen LogP contribution in [-0.4, -0.2) is 76.2 Å². The summed E-state index contributed by atoms with van der Waals surface area (Å²) in [6.07, 6.45) is 5.85. The molecule has 0 bridgehead atoms. The van der Waals surface area contributed by atoms with Crippen LogP contribution in [0.25, 0.3) is 0 Å². The number of aliphatic imine (C=N–C) groups is 1. The number of guanidine groups is 1. The Labute approximate surface area is 145 Å². The quantitative estimate of drug-likeness (QED) is 0.453. The highest BCUT2D eigenvalue weighted by molar-refractivity contribution is 5.80. The van der Waals surface area contributed by atoms with Crippen LogP contribution >= 0.6 is 0 Å². The van der Waals surface area contributed by atoms with E-state index >= 15 is 0 Å². The van der Waals surface area contributed by atoms with Crippen LogP contribution in [0, 0.1) is 5.41 Å². The summed E-state index contributed by atoms with van der Waals surface area (Å²) in [5, 5.41) is 3.45. The first-order valence-corrected chi connectivity index (χ1v) is 9.62. The molecule has 3 heterocycles. The fourth-order valence-corrected chi connectivity index (χ4v) is 3.86. The van der Waals surface area contributed by atoms with Crippen molar-refractivity contribution >= 4 is 5.96 Å². The van der Waals surface area contributed by atoms with Gasteiger partial charge in [-0.3, -0.25) is 4.99 Å². The van der Waals surface area contributed by atoms with Crippen molar-refractivity contribution in [2.24, 2.45) is 10.4 Å². The van der Waals surface area contributed by atoms with Gasteiger partial charge in [0.25, 0.3) is 0 Å². The second-order valence-electron chi connectivity index (χ2n) is 7.25. The third kappa shape index (κ3) is 4.83. The summed E-state index contributed by atoms with van der Waals surface area (Å²) in [4.78, 5) is 7.23. The molecular formula is C18H33N3O3. The molecular weight excluding hydrogens is 306 g/mol. The van der Waals surface area contributed by atoms with Crippen LogP contribution in [0.1, 0.15) is 39.0 Å². The standard InChI is InChI=1S/C18H33N3O3/c1-2-19-17(21-9-6-18(14-21)7-13-23-15-18)20-8-3-10-24-16-4-11-22-12-5-16/h16H,2-15H2,1H3,(H,19,20). The van der Waals surface area contributed by atoms with Gasteiger partial charge in [-0.2, -0.15) is 0 Å². The summed E-state index contributed by atoms with van der Waals surface area (Å²) in [6, 6.07) is 0. The summed E-state index contributed by atoms with van der Waals surface area (Å²) >= 11 is 0. The zero-order valence-electron chi connectivity index (χ0n) is 15.1. The van der Waals surface area contributed by atoms with E-state index in [2.05, 4.69) is 17.1 Å². The molecule has 6 heteroatoms. The number of likely N-dealkylation sites (tertiary alicyclic amines) is 1. The molecule has 1 atom stereocenters. The third-order valence-electron chi connectivity index (χ3n) is 5.34. The Morgan fingerprint density at radius 3 is 2.88 bits per heavy atom. The van der Waals surface area contributed by atoms with Crippen molar-refractivity contribution in [2.75, 3.05) is 59.2 Å². The van der Waals surface area contributed by atoms with Crippen molar-refractivity contribution in [3.8, 4) is 0 Å². The highest BCUT2D eigenvalue weighted by Crippen LogP contribution is 2.38. The van der Waals surface area contributed by atoms with Gasteiger partial charge in [0.2, 0.25) is 0 Å². The molecule has 0 saturated carbocycles. The van der Waals surface area contributed by atoms with Crippen LogP contribution < -0.4 is 5.32 Å². The summed E-state index contributed by atoms with van der Waals surface area (Å²) in [5.41, 5.74) is 0.377. The van der Waals surface area contributed by atoms with Crippen LogP contribution in [0.4, 0.5) is 0 Å². The molecule has 0 aromatic rings. The van der Waals surface area contributed by atoms with Crippen molar-refractivity contribution in [1.29, 1.82) is 0 Å². The van der Waals surface area contributed by atoms with Crippen LogP contribution in [0.5, 0.6) is 0 Å². The first-order chi connectivity index (χ1) is 11.8. The predicted molar refractivity (Wildman–Crippen MR) is 94.4 cm³/mol. The minimum Gasteiger partial charge on any atom is -0.381 e. The van der Waals surface area contributed by atoms with Gasteiger partial charge in [0.15, 0.2) is 5.96 Å². The van der Waals surface area contributed by atoms with Gasteiger partial charge in [-0.25, -0.2) is 0 Å². The molecule has 0 aromatic heterocycles. The first-order valence-electron chi connectivity index (χ1n) is 9.62. The van der Waals surface area contributed by atoms with E-state index < -0.39 is 0 Å². The second-order valence-corrected chi connectivity index (χ2v) is 7.25. The van der Waals surface area contributed by atoms with Gasteiger partial charge in [0.05, 0.1) is 12.7 Å². The number of ether oxygens (including phenoxy) is 3. The molecule has 1 N–H and O–H groups in total. The van der Waals surface area contributed by atoms with E-state index in [1.54, 1.807) is 0 Å². The van der Waals surface area contributed by atoms with Crippen molar-refractivity contribution in [2.45, 2.75) is 45.1 Å². The van der Waals surface area contributed by atoms with Crippen molar-refractivity contribution in [1.82, 2.24) is 10.2 Å². The molecule has 0 amide bonds.